The second kappa shape index (κ2) is 11.0. The van der Waals surface area contributed by atoms with Crippen molar-refractivity contribution in [1.82, 2.24) is 5.43 Å². The van der Waals surface area contributed by atoms with Gasteiger partial charge in [-0.15, -0.1) is 0 Å². The molecule has 1 heterocycles. The lowest BCUT2D eigenvalue weighted by molar-refractivity contribution is -0.136. The van der Waals surface area contributed by atoms with E-state index in [0.29, 0.717) is 28.2 Å². The zero-order chi connectivity index (χ0) is 25.5. The molecular weight excluding hydrogens is 480 g/mol. The van der Waals surface area contributed by atoms with Gasteiger partial charge in [-0.2, -0.15) is 5.10 Å². The number of amides is 1. The van der Waals surface area contributed by atoms with Gasteiger partial charge in [-0.1, -0.05) is 72.3 Å². The lowest BCUT2D eigenvalue weighted by atomic mass is 9.85. The minimum Gasteiger partial charge on any atom is -0.462 e. The zero-order valence-electron chi connectivity index (χ0n) is 19.4. The van der Waals surface area contributed by atoms with Crippen molar-refractivity contribution in [3.63, 3.8) is 0 Å². The van der Waals surface area contributed by atoms with Crippen LogP contribution in [0.3, 0.4) is 0 Å². The molecule has 1 amide bonds. The normalized spacial score (nSPS) is 11.4. The van der Waals surface area contributed by atoms with E-state index < -0.39 is 17.5 Å². The maximum Gasteiger partial charge on any atom is 0.339 e. The highest BCUT2D eigenvalue weighted by molar-refractivity contribution is 6.33. The molecule has 0 radical (unpaired) electrons. The molecule has 0 spiro atoms. The van der Waals surface area contributed by atoms with Crippen LogP contribution in [0.15, 0.2) is 101 Å². The zero-order valence-corrected chi connectivity index (χ0v) is 20.1. The molecule has 0 bridgehead atoms. The molecule has 0 aliphatic heterocycles. The van der Waals surface area contributed by atoms with Gasteiger partial charge in [-0.3, -0.25) is 4.79 Å². The second-order valence-corrected chi connectivity index (χ2v) is 8.17. The maximum absolute atomic E-state index is 13.1. The number of furan rings is 1. The first-order valence-corrected chi connectivity index (χ1v) is 11.5. The highest BCUT2D eigenvalue weighted by Gasteiger charge is 2.39. The van der Waals surface area contributed by atoms with Crippen molar-refractivity contribution in [2.45, 2.75) is 12.5 Å². The molecule has 8 heteroatoms. The number of nitrogens with zero attached hydrogens (tertiary/aromatic N) is 1. The van der Waals surface area contributed by atoms with E-state index >= 15 is 0 Å². The highest BCUT2D eigenvalue weighted by atomic mass is 35.5. The van der Waals surface area contributed by atoms with Gasteiger partial charge in [0.2, 0.25) is 0 Å². The third kappa shape index (κ3) is 5.22. The van der Waals surface area contributed by atoms with Crippen LogP contribution in [0.1, 0.15) is 34.2 Å². The van der Waals surface area contributed by atoms with E-state index in [-0.39, 0.29) is 17.2 Å². The first kappa shape index (κ1) is 24.9. The van der Waals surface area contributed by atoms with Gasteiger partial charge in [0, 0.05) is 5.56 Å². The third-order valence-corrected chi connectivity index (χ3v) is 5.77. The molecule has 7 nitrogen and oxygen atoms in total. The molecule has 0 saturated heterocycles. The van der Waals surface area contributed by atoms with Crippen molar-refractivity contribution in [2.75, 3.05) is 6.61 Å². The molecule has 4 rings (SSSR count). The Hall–Kier alpha value is -4.20. The monoisotopic (exact) mass is 502 g/mol. The van der Waals surface area contributed by atoms with Crippen LogP contribution in [0.5, 0.6) is 0 Å². The van der Waals surface area contributed by atoms with E-state index in [1.165, 1.54) is 6.21 Å². The standard InChI is InChI=1S/C28H23ClN2O5/c1-2-35-26(32)23-17-19(13-15-24(23)29)25-16-14-22(36-25)18-30-31-27(33)28(34,20-9-5-3-6-10-20)21-11-7-4-8-12-21/h3-18,34H,2H2,1H3,(H,31,33)/b30-18-. The minimum absolute atomic E-state index is 0.232. The van der Waals surface area contributed by atoms with E-state index in [2.05, 4.69) is 10.5 Å². The molecule has 1 aromatic heterocycles. The van der Waals surface area contributed by atoms with Crippen LogP contribution in [0.2, 0.25) is 5.02 Å². The van der Waals surface area contributed by atoms with Crippen LogP contribution in [-0.2, 0) is 15.1 Å². The molecule has 182 valence electrons. The Morgan fingerprint density at radius 1 is 1.00 bits per heavy atom. The summed E-state index contributed by atoms with van der Waals surface area (Å²) >= 11 is 6.13. The van der Waals surface area contributed by atoms with Crippen molar-refractivity contribution >= 4 is 29.7 Å². The van der Waals surface area contributed by atoms with Crippen LogP contribution in [0.4, 0.5) is 0 Å². The number of carbonyl (C=O) groups excluding carboxylic acids is 2. The number of carbonyl (C=O) groups is 2. The molecule has 0 aliphatic rings. The molecule has 3 aromatic carbocycles. The van der Waals surface area contributed by atoms with Crippen molar-refractivity contribution in [3.8, 4) is 11.3 Å². The number of nitrogens with one attached hydrogen (secondary N) is 1. The molecular formula is C28H23ClN2O5. The predicted molar refractivity (Wildman–Crippen MR) is 137 cm³/mol. The lowest BCUT2D eigenvalue weighted by Gasteiger charge is -2.26. The molecule has 0 atom stereocenters. The largest absolute Gasteiger partial charge is 0.462 e. The van der Waals surface area contributed by atoms with Crippen molar-refractivity contribution < 1.29 is 23.8 Å². The van der Waals surface area contributed by atoms with Gasteiger partial charge >= 0.3 is 5.97 Å². The number of ether oxygens (including phenoxy) is 1. The summed E-state index contributed by atoms with van der Waals surface area (Å²) in [6.07, 6.45) is 1.32. The average Bonchev–Trinajstić information content (AvgIpc) is 3.38. The number of esters is 1. The number of hydrogen-bond donors (Lipinski definition) is 2. The number of rotatable bonds is 8. The summed E-state index contributed by atoms with van der Waals surface area (Å²) in [6, 6.07) is 25.5. The molecule has 0 aliphatic carbocycles. The number of hydrogen-bond acceptors (Lipinski definition) is 6. The summed E-state index contributed by atoms with van der Waals surface area (Å²) in [5.41, 5.74) is 2.13. The summed E-state index contributed by atoms with van der Waals surface area (Å²) in [7, 11) is 0. The summed E-state index contributed by atoms with van der Waals surface area (Å²) < 4.78 is 10.8. The summed E-state index contributed by atoms with van der Waals surface area (Å²) in [4.78, 5) is 25.2. The summed E-state index contributed by atoms with van der Waals surface area (Å²) in [5, 5.41) is 15.7. The molecule has 0 fully saturated rings. The Bertz CT molecular complexity index is 1340. The van der Waals surface area contributed by atoms with E-state index in [1.807, 2.05) is 0 Å². The van der Waals surface area contributed by atoms with E-state index in [4.69, 9.17) is 20.8 Å². The fourth-order valence-corrected chi connectivity index (χ4v) is 3.84. The Morgan fingerprint density at radius 3 is 2.25 bits per heavy atom. The second-order valence-electron chi connectivity index (χ2n) is 7.76. The van der Waals surface area contributed by atoms with Crippen LogP contribution in [0, 0.1) is 0 Å². The molecule has 0 unspecified atom stereocenters. The number of aliphatic hydroxyl groups is 1. The van der Waals surface area contributed by atoms with Crippen LogP contribution in [-0.4, -0.2) is 29.8 Å². The molecule has 0 saturated carbocycles. The topological polar surface area (TPSA) is 101 Å². The van der Waals surface area contributed by atoms with E-state index in [1.54, 1.807) is 97.9 Å². The van der Waals surface area contributed by atoms with Gasteiger partial charge in [0.05, 0.1) is 23.4 Å². The van der Waals surface area contributed by atoms with Gasteiger partial charge in [0.1, 0.15) is 11.5 Å². The summed E-state index contributed by atoms with van der Waals surface area (Å²) in [6.45, 7) is 1.95. The smallest absolute Gasteiger partial charge is 0.339 e. The minimum atomic E-state index is -1.94. The van der Waals surface area contributed by atoms with Gasteiger partial charge in [-0.05, 0) is 48.4 Å². The number of benzene rings is 3. The number of halogens is 1. The Morgan fingerprint density at radius 2 is 1.64 bits per heavy atom. The molecule has 36 heavy (non-hydrogen) atoms. The summed E-state index contributed by atoms with van der Waals surface area (Å²) in [5.74, 6) is -0.430. The Kier molecular flexibility index (Phi) is 7.63. The highest BCUT2D eigenvalue weighted by Crippen LogP contribution is 2.30. The first-order chi connectivity index (χ1) is 17.4. The number of hydrazone groups is 1. The van der Waals surface area contributed by atoms with Crippen LogP contribution < -0.4 is 5.43 Å². The fourth-order valence-electron chi connectivity index (χ4n) is 3.64. The molecule has 2 N–H and O–H groups in total. The first-order valence-electron chi connectivity index (χ1n) is 11.2. The lowest BCUT2D eigenvalue weighted by Crippen LogP contribution is -2.43. The van der Waals surface area contributed by atoms with Crippen LogP contribution >= 0.6 is 11.6 Å². The predicted octanol–water partition coefficient (Wildman–Crippen LogP) is 5.16. The Labute approximate surface area is 213 Å². The van der Waals surface area contributed by atoms with Gasteiger partial charge < -0.3 is 14.3 Å². The SMILES string of the molecule is CCOC(=O)c1cc(-c2ccc(/C=N\NC(=O)C(O)(c3ccccc3)c3ccccc3)o2)ccc1Cl. The van der Waals surface area contributed by atoms with E-state index in [9.17, 15) is 14.7 Å². The van der Waals surface area contributed by atoms with Gasteiger partial charge in [0.15, 0.2) is 5.60 Å². The Balaban J connectivity index is 1.53. The quantitative estimate of drug-likeness (QED) is 0.197. The van der Waals surface area contributed by atoms with Gasteiger partial charge in [-0.25, -0.2) is 10.2 Å². The van der Waals surface area contributed by atoms with E-state index in [0.717, 1.165) is 0 Å². The fraction of sp³-hybridized carbons (Fsp3) is 0.107. The van der Waals surface area contributed by atoms with Crippen LogP contribution in [0.25, 0.3) is 11.3 Å². The van der Waals surface area contributed by atoms with Crippen molar-refractivity contribution in [2.24, 2.45) is 5.10 Å². The maximum atomic E-state index is 13.1. The van der Waals surface area contributed by atoms with Crippen molar-refractivity contribution in [1.29, 1.82) is 0 Å². The van der Waals surface area contributed by atoms with Crippen molar-refractivity contribution in [3.05, 3.63) is 118 Å². The third-order valence-electron chi connectivity index (χ3n) is 5.44. The molecule has 4 aromatic rings. The average molecular weight is 503 g/mol. The van der Waals surface area contributed by atoms with Gasteiger partial charge in [0.25, 0.3) is 5.91 Å².